The van der Waals surface area contributed by atoms with Crippen LogP contribution in [0, 0.1) is 6.92 Å². The normalized spacial score (nSPS) is 15.4. The van der Waals surface area contributed by atoms with Gasteiger partial charge in [-0.05, 0) is 37.3 Å². The van der Waals surface area contributed by atoms with Gasteiger partial charge < -0.3 is 10.1 Å². The van der Waals surface area contributed by atoms with Crippen molar-refractivity contribution in [2.45, 2.75) is 32.5 Å². The van der Waals surface area contributed by atoms with Crippen molar-refractivity contribution in [2.75, 3.05) is 11.5 Å². The van der Waals surface area contributed by atoms with Gasteiger partial charge in [0.2, 0.25) is 0 Å². The van der Waals surface area contributed by atoms with Gasteiger partial charge in [0.15, 0.2) is 0 Å². The standard InChI is InChI=1S/C15H18F3NOS/c1-4-21-8-14(3,20)13-9(2)11-6-5-10(15(16,17)18)7-12(11)19-13/h5-7,19-20H,4,8H2,1-3H3. The minimum atomic E-state index is -4.37. The number of hydrogen-bond acceptors (Lipinski definition) is 2. The van der Waals surface area contributed by atoms with E-state index in [4.69, 9.17) is 0 Å². The van der Waals surface area contributed by atoms with Crippen LogP contribution in [0.3, 0.4) is 0 Å². The lowest BCUT2D eigenvalue weighted by molar-refractivity contribution is -0.137. The van der Waals surface area contributed by atoms with E-state index < -0.39 is 17.3 Å². The van der Waals surface area contributed by atoms with E-state index in [1.54, 1.807) is 18.7 Å². The highest BCUT2D eigenvalue weighted by Gasteiger charge is 2.32. The van der Waals surface area contributed by atoms with E-state index in [0.29, 0.717) is 22.3 Å². The molecule has 0 aliphatic heterocycles. The summed E-state index contributed by atoms with van der Waals surface area (Å²) in [6, 6.07) is 3.62. The molecule has 6 heteroatoms. The zero-order valence-corrected chi connectivity index (χ0v) is 13.0. The average Bonchev–Trinajstić information content (AvgIpc) is 2.73. The molecule has 1 heterocycles. The Bertz CT molecular complexity index is 646. The zero-order chi connectivity index (χ0) is 15.8. The quantitative estimate of drug-likeness (QED) is 0.873. The Hall–Kier alpha value is -1.14. The predicted molar refractivity (Wildman–Crippen MR) is 80.6 cm³/mol. The number of halogens is 3. The molecule has 2 aromatic rings. The molecule has 1 unspecified atom stereocenters. The third kappa shape index (κ3) is 3.21. The number of alkyl halides is 3. The van der Waals surface area contributed by atoms with Crippen molar-refractivity contribution in [1.29, 1.82) is 0 Å². The van der Waals surface area contributed by atoms with Crippen molar-refractivity contribution >= 4 is 22.7 Å². The molecule has 1 aromatic carbocycles. The van der Waals surface area contributed by atoms with Gasteiger partial charge in [0.1, 0.15) is 5.60 Å². The fourth-order valence-corrected chi connectivity index (χ4v) is 3.17. The number of thioether (sulfide) groups is 1. The second-order valence-electron chi connectivity index (χ2n) is 5.29. The number of H-pyrrole nitrogens is 1. The lowest BCUT2D eigenvalue weighted by Gasteiger charge is -2.22. The van der Waals surface area contributed by atoms with Gasteiger partial charge in [-0.15, -0.1) is 0 Å². The van der Waals surface area contributed by atoms with Gasteiger partial charge in [-0.1, -0.05) is 13.0 Å². The molecule has 0 fully saturated rings. The first-order valence-corrected chi connectivity index (χ1v) is 7.82. The monoisotopic (exact) mass is 317 g/mol. The fourth-order valence-electron chi connectivity index (χ4n) is 2.43. The van der Waals surface area contributed by atoms with Crippen LogP contribution in [0.15, 0.2) is 18.2 Å². The summed E-state index contributed by atoms with van der Waals surface area (Å²) in [6.45, 7) is 5.49. The van der Waals surface area contributed by atoms with E-state index in [0.717, 1.165) is 23.4 Å². The molecule has 1 aromatic heterocycles. The molecule has 0 aliphatic rings. The van der Waals surface area contributed by atoms with Crippen LogP contribution in [0.25, 0.3) is 10.9 Å². The summed E-state index contributed by atoms with van der Waals surface area (Å²) in [5.74, 6) is 1.36. The summed E-state index contributed by atoms with van der Waals surface area (Å²) >= 11 is 1.59. The summed E-state index contributed by atoms with van der Waals surface area (Å²) in [7, 11) is 0. The molecule has 2 nitrogen and oxygen atoms in total. The van der Waals surface area contributed by atoms with Gasteiger partial charge in [-0.25, -0.2) is 0 Å². The third-order valence-electron chi connectivity index (χ3n) is 3.51. The Kier molecular flexibility index (Phi) is 4.31. The molecule has 0 amide bonds. The number of rotatable bonds is 4. The summed E-state index contributed by atoms with van der Waals surface area (Å²) in [5, 5.41) is 11.3. The molecule has 0 bridgehead atoms. The van der Waals surface area contributed by atoms with Crippen molar-refractivity contribution in [3.63, 3.8) is 0 Å². The lowest BCUT2D eigenvalue weighted by Crippen LogP contribution is -2.26. The third-order valence-corrected chi connectivity index (χ3v) is 4.69. The molecule has 21 heavy (non-hydrogen) atoms. The van der Waals surface area contributed by atoms with Crippen molar-refractivity contribution in [3.8, 4) is 0 Å². The van der Waals surface area contributed by atoms with Crippen LogP contribution < -0.4 is 0 Å². The van der Waals surface area contributed by atoms with Crippen LogP contribution in [0.5, 0.6) is 0 Å². The first kappa shape index (κ1) is 16.2. The van der Waals surface area contributed by atoms with Crippen LogP contribution >= 0.6 is 11.8 Å². The van der Waals surface area contributed by atoms with Crippen LogP contribution in [0.2, 0.25) is 0 Å². The molecule has 0 radical (unpaired) electrons. The molecular formula is C15H18F3NOS. The van der Waals surface area contributed by atoms with Gasteiger partial charge >= 0.3 is 6.18 Å². The molecule has 0 saturated carbocycles. The summed E-state index contributed by atoms with van der Waals surface area (Å²) in [5.41, 5.74) is -0.00925. The number of aryl methyl sites for hydroxylation is 1. The Labute approximate surface area is 125 Å². The average molecular weight is 317 g/mol. The summed E-state index contributed by atoms with van der Waals surface area (Å²) in [4.78, 5) is 2.96. The maximum absolute atomic E-state index is 12.8. The van der Waals surface area contributed by atoms with E-state index in [1.165, 1.54) is 6.07 Å². The second kappa shape index (κ2) is 5.57. The SMILES string of the molecule is CCSCC(C)(O)c1[nH]c2cc(C(F)(F)F)ccc2c1C. The highest BCUT2D eigenvalue weighted by atomic mass is 32.2. The van der Waals surface area contributed by atoms with E-state index in [2.05, 4.69) is 4.98 Å². The van der Waals surface area contributed by atoms with Gasteiger partial charge in [-0.3, -0.25) is 0 Å². The van der Waals surface area contributed by atoms with E-state index >= 15 is 0 Å². The number of aromatic nitrogens is 1. The molecular weight excluding hydrogens is 299 g/mol. The first-order chi connectivity index (χ1) is 9.66. The van der Waals surface area contributed by atoms with Crippen LogP contribution in [0.1, 0.15) is 30.7 Å². The maximum atomic E-state index is 12.8. The number of hydrogen-bond donors (Lipinski definition) is 2. The Morgan fingerprint density at radius 2 is 1.95 bits per heavy atom. The number of aliphatic hydroxyl groups is 1. The minimum Gasteiger partial charge on any atom is -0.383 e. The highest BCUT2D eigenvalue weighted by Crippen LogP contribution is 2.35. The van der Waals surface area contributed by atoms with Gasteiger partial charge in [-0.2, -0.15) is 24.9 Å². The fraction of sp³-hybridized carbons (Fsp3) is 0.467. The van der Waals surface area contributed by atoms with Gasteiger partial charge in [0.25, 0.3) is 0 Å². The number of aromatic amines is 1. The Balaban J connectivity index is 2.50. The number of benzene rings is 1. The molecule has 116 valence electrons. The van der Waals surface area contributed by atoms with Crippen LogP contribution in [-0.4, -0.2) is 21.6 Å². The predicted octanol–water partition coefficient (Wildman–Crippen LogP) is 4.46. The molecule has 1 atom stereocenters. The largest absolute Gasteiger partial charge is 0.416 e. The minimum absolute atomic E-state index is 0.402. The van der Waals surface area contributed by atoms with Gasteiger partial charge in [0, 0.05) is 16.7 Å². The van der Waals surface area contributed by atoms with Crippen molar-refractivity contribution in [3.05, 3.63) is 35.0 Å². The molecule has 0 aliphatic carbocycles. The van der Waals surface area contributed by atoms with Crippen molar-refractivity contribution in [2.24, 2.45) is 0 Å². The molecule has 2 rings (SSSR count). The smallest absolute Gasteiger partial charge is 0.383 e. The topological polar surface area (TPSA) is 36.0 Å². The van der Waals surface area contributed by atoms with Crippen molar-refractivity contribution in [1.82, 2.24) is 4.98 Å². The Morgan fingerprint density at radius 3 is 2.52 bits per heavy atom. The maximum Gasteiger partial charge on any atom is 0.416 e. The van der Waals surface area contributed by atoms with Crippen LogP contribution in [-0.2, 0) is 11.8 Å². The van der Waals surface area contributed by atoms with E-state index in [9.17, 15) is 18.3 Å². The molecule has 0 saturated heterocycles. The Morgan fingerprint density at radius 1 is 1.29 bits per heavy atom. The van der Waals surface area contributed by atoms with Crippen LogP contribution in [0.4, 0.5) is 13.2 Å². The van der Waals surface area contributed by atoms with E-state index in [1.807, 2.05) is 13.8 Å². The second-order valence-corrected chi connectivity index (χ2v) is 6.57. The van der Waals surface area contributed by atoms with E-state index in [-0.39, 0.29) is 0 Å². The van der Waals surface area contributed by atoms with Gasteiger partial charge in [0.05, 0.1) is 11.3 Å². The number of nitrogens with one attached hydrogen (secondary N) is 1. The summed E-state index contributed by atoms with van der Waals surface area (Å²) < 4.78 is 38.3. The van der Waals surface area contributed by atoms with Crippen molar-refractivity contribution < 1.29 is 18.3 Å². The number of fused-ring (bicyclic) bond motifs is 1. The molecule has 2 N–H and O–H groups in total. The summed E-state index contributed by atoms with van der Waals surface area (Å²) in [6.07, 6.45) is -4.37. The first-order valence-electron chi connectivity index (χ1n) is 6.67. The zero-order valence-electron chi connectivity index (χ0n) is 12.1. The molecule has 0 spiro atoms. The lowest BCUT2D eigenvalue weighted by atomic mass is 10.00. The highest BCUT2D eigenvalue weighted by molar-refractivity contribution is 7.99.